The molecule has 0 radical (unpaired) electrons. The van der Waals surface area contributed by atoms with Gasteiger partial charge in [-0.05, 0) is 38.5 Å². The van der Waals surface area contributed by atoms with Crippen LogP contribution in [0, 0.1) is 0 Å². The van der Waals surface area contributed by atoms with Crippen LogP contribution in [0.4, 0.5) is 0 Å². The molecule has 0 rings (SSSR count). The third-order valence-electron chi connectivity index (χ3n) is 6.56. The molecule has 7 nitrogen and oxygen atoms in total. The number of unbranched alkanes of at least 4 members (excludes halogenated alkanes) is 16. The predicted molar refractivity (Wildman–Crippen MR) is 141 cm³/mol. The lowest BCUT2D eigenvalue weighted by Gasteiger charge is -2.34. The molecule has 0 unspecified atom stereocenters. The molecule has 35 heavy (non-hydrogen) atoms. The topological polar surface area (TPSA) is 112 Å². The van der Waals surface area contributed by atoms with Crippen LogP contribution < -0.4 is 0 Å². The van der Waals surface area contributed by atoms with Gasteiger partial charge in [-0.2, -0.15) is 0 Å². The van der Waals surface area contributed by atoms with Crippen LogP contribution >= 0.6 is 0 Å². The second-order valence-electron chi connectivity index (χ2n) is 10.1. The molecule has 204 valence electrons. The average molecular weight is 499 g/mol. The van der Waals surface area contributed by atoms with Crippen molar-refractivity contribution in [3.05, 3.63) is 12.2 Å². The van der Waals surface area contributed by atoms with Crippen molar-refractivity contribution in [2.45, 2.75) is 122 Å². The molecule has 0 fully saturated rings. The molecule has 0 aromatic heterocycles. The number of nitrogens with zero attached hydrogens (tertiary/aromatic N) is 1. The van der Waals surface area contributed by atoms with Gasteiger partial charge in [-0.25, -0.2) is 14.4 Å². The van der Waals surface area contributed by atoms with E-state index in [1.807, 2.05) is 0 Å². The molecule has 0 amide bonds. The van der Waals surface area contributed by atoms with E-state index >= 15 is 0 Å². The Labute approximate surface area is 213 Å². The van der Waals surface area contributed by atoms with Gasteiger partial charge in [0.1, 0.15) is 0 Å². The highest BCUT2D eigenvalue weighted by atomic mass is 16.4. The monoisotopic (exact) mass is 498 g/mol. The Hall–Kier alpha value is -1.89. The maximum absolute atomic E-state index is 11.2. The lowest BCUT2D eigenvalue weighted by atomic mass is 10.0. The van der Waals surface area contributed by atoms with E-state index in [-0.39, 0.29) is 6.54 Å². The molecule has 0 aromatic rings. The Morgan fingerprint density at radius 2 is 0.829 bits per heavy atom. The van der Waals surface area contributed by atoms with Crippen LogP contribution in [0.3, 0.4) is 0 Å². The zero-order chi connectivity index (χ0) is 26.2. The van der Waals surface area contributed by atoms with Crippen LogP contribution in [-0.2, 0) is 14.4 Å². The van der Waals surface area contributed by atoms with Crippen LogP contribution in [0.2, 0.25) is 0 Å². The molecular formula is C28H52NO6+. The summed E-state index contributed by atoms with van der Waals surface area (Å²) in [6, 6.07) is 0. The number of allylic oxidation sites excluding steroid dienone is 2. The van der Waals surface area contributed by atoms with Crippen molar-refractivity contribution < 1.29 is 34.2 Å². The van der Waals surface area contributed by atoms with Crippen LogP contribution in [-0.4, -0.2) is 63.9 Å². The standard InChI is InChI=1S/C28H51NO6/c1-2-3-4-5-6-7-8-9-10-11-12-13-14-15-16-17-18-19-20-21-22-29(23-26(30)31,24-27(32)33)25-28(34)35/h14-15H,2-13,16-25H2,1H3,(H2-,30,31,32,33,34,35)/p+1/b15-14+. The minimum Gasteiger partial charge on any atom is -0.477 e. The molecule has 0 aliphatic rings. The van der Waals surface area contributed by atoms with Gasteiger partial charge in [0.25, 0.3) is 0 Å². The first kappa shape index (κ1) is 33.1. The molecule has 0 aliphatic heterocycles. The van der Waals surface area contributed by atoms with Gasteiger partial charge in [-0.1, -0.05) is 96.1 Å². The first-order valence-corrected chi connectivity index (χ1v) is 14.0. The lowest BCUT2D eigenvalue weighted by Crippen LogP contribution is -2.57. The van der Waals surface area contributed by atoms with Crippen molar-refractivity contribution in [3.63, 3.8) is 0 Å². The summed E-state index contributed by atoms with van der Waals surface area (Å²) < 4.78 is -0.443. The van der Waals surface area contributed by atoms with Gasteiger partial charge >= 0.3 is 17.9 Å². The molecule has 0 spiro atoms. The van der Waals surface area contributed by atoms with E-state index in [1.165, 1.54) is 70.6 Å². The molecule has 3 N–H and O–H groups in total. The fourth-order valence-corrected chi connectivity index (χ4v) is 4.67. The van der Waals surface area contributed by atoms with E-state index in [1.54, 1.807) is 0 Å². The Morgan fingerprint density at radius 1 is 0.514 bits per heavy atom. The normalized spacial score (nSPS) is 11.8. The lowest BCUT2D eigenvalue weighted by molar-refractivity contribution is -0.907. The number of carbonyl (C=O) groups is 3. The fraction of sp³-hybridized carbons (Fsp3) is 0.821. The number of carboxylic acid groups (broad SMARTS) is 3. The summed E-state index contributed by atoms with van der Waals surface area (Å²) in [4.78, 5) is 33.5. The first-order valence-electron chi connectivity index (χ1n) is 14.0. The largest absolute Gasteiger partial charge is 0.477 e. The van der Waals surface area contributed by atoms with Crippen molar-refractivity contribution in [3.8, 4) is 0 Å². The fourth-order valence-electron chi connectivity index (χ4n) is 4.67. The summed E-state index contributed by atoms with van der Waals surface area (Å²) in [5.41, 5.74) is 0. The Morgan fingerprint density at radius 3 is 1.17 bits per heavy atom. The molecular weight excluding hydrogens is 446 g/mol. The maximum atomic E-state index is 11.2. The molecule has 0 saturated carbocycles. The molecule has 0 atom stereocenters. The van der Waals surface area contributed by atoms with Crippen molar-refractivity contribution in [1.82, 2.24) is 0 Å². The van der Waals surface area contributed by atoms with Crippen LogP contribution in [0.1, 0.15) is 122 Å². The van der Waals surface area contributed by atoms with Crippen molar-refractivity contribution in [2.75, 3.05) is 26.2 Å². The van der Waals surface area contributed by atoms with E-state index < -0.39 is 42.0 Å². The third-order valence-corrected chi connectivity index (χ3v) is 6.56. The predicted octanol–water partition coefficient (Wildman–Crippen LogP) is 6.65. The summed E-state index contributed by atoms with van der Waals surface area (Å²) in [6.45, 7) is 1.06. The Kier molecular flexibility index (Phi) is 21.3. The van der Waals surface area contributed by atoms with Gasteiger partial charge in [0, 0.05) is 0 Å². The quantitative estimate of drug-likeness (QED) is 0.0699. The van der Waals surface area contributed by atoms with Crippen LogP contribution in [0.25, 0.3) is 0 Å². The number of carboxylic acids is 3. The smallest absolute Gasteiger partial charge is 0.359 e. The van der Waals surface area contributed by atoms with Gasteiger partial charge in [0.2, 0.25) is 0 Å². The number of rotatable bonds is 26. The minimum absolute atomic E-state index is 0.254. The van der Waals surface area contributed by atoms with Gasteiger partial charge in [-0.15, -0.1) is 0 Å². The zero-order valence-corrected chi connectivity index (χ0v) is 22.2. The summed E-state index contributed by atoms with van der Waals surface area (Å²) in [6.07, 6.45) is 26.5. The Bertz CT molecular complexity index is 549. The average Bonchev–Trinajstić information content (AvgIpc) is 2.76. The van der Waals surface area contributed by atoms with E-state index in [2.05, 4.69) is 19.1 Å². The van der Waals surface area contributed by atoms with Crippen LogP contribution in [0.5, 0.6) is 0 Å². The maximum Gasteiger partial charge on any atom is 0.359 e. The first-order chi connectivity index (χ1) is 16.8. The van der Waals surface area contributed by atoms with Crippen molar-refractivity contribution in [2.24, 2.45) is 0 Å². The van der Waals surface area contributed by atoms with E-state index in [0.717, 1.165) is 38.5 Å². The van der Waals surface area contributed by atoms with Gasteiger partial charge in [0.15, 0.2) is 19.6 Å². The van der Waals surface area contributed by atoms with Gasteiger partial charge in [-0.3, -0.25) is 4.48 Å². The number of aliphatic carboxylic acids is 3. The minimum atomic E-state index is -1.17. The van der Waals surface area contributed by atoms with Crippen molar-refractivity contribution in [1.29, 1.82) is 0 Å². The van der Waals surface area contributed by atoms with E-state index in [4.69, 9.17) is 15.3 Å². The molecule has 0 heterocycles. The summed E-state index contributed by atoms with van der Waals surface area (Å²) >= 11 is 0. The summed E-state index contributed by atoms with van der Waals surface area (Å²) in [7, 11) is 0. The second kappa shape index (κ2) is 22.6. The SMILES string of the molecule is CCCCCCCCCCCCC/C=C/CCCCCCC[N+](CC(=O)O)(CC(=O)O)CC(=O)O. The van der Waals surface area contributed by atoms with Gasteiger partial charge < -0.3 is 15.3 Å². The highest BCUT2D eigenvalue weighted by molar-refractivity contribution is 5.73. The molecule has 0 aromatic carbocycles. The number of hydrogen-bond acceptors (Lipinski definition) is 3. The summed E-state index contributed by atoms with van der Waals surface area (Å²) in [5.74, 6) is -3.52. The summed E-state index contributed by atoms with van der Waals surface area (Å²) in [5, 5.41) is 27.4. The highest BCUT2D eigenvalue weighted by Crippen LogP contribution is 2.14. The van der Waals surface area contributed by atoms with E-state index in [0.29, 0.717) is 6.42 Å². The Balaban J connectivity index is 3.75. The molecule has 0 saturated heterocycles. The number of hydrogen-bond donors (Lipinski definition) is 3. The van der Waals surface area contributed by atoms with E-state index in [9.17, 15) is 14.4 Å². The third kappa shape index (κ3) is 22.3. The molecule has 0 aliphatic carbocycles. The molecule has 0 bridgehead atoms. The number of quaternary nitrogens is 1. The van der Waals surface area contributed by atoms with Crippen molar-refractivity contribution >= 4 is 17.9 Å². The highest BCUT2D eigenvalue weighted by Gasteiger charge is 2.35. The van der Waals surface area contributed by atoms with Gasteiger partial charge in [0.05, 0.1) is 6.54 Å². The zero-order valence-electron chi connectivity index (χ0n) is 22.2. The molecule has 7 heteroatoms. The second-order valence-corrected chi connectivity index (χ2v) is 10.1. The van der Waals surface area contributed by atoms with Crippen LogP contribution in [0.15, 0.2) is 12.2 Å².